The Morgan fingerprint density at radius 1 is 1.15 bits per heavy atom. The Labute approximate surface area is 156 Å². The number of nitrogens with one attached hydrogen (secondary N) is 2. The molecule has 0 aromatic heterocycles. The molecule has 1 amide bonds. The summed E-state index contributed by atoms with van der Waals surface area (Å²) in [4.78, 5) is 24.3. The number of alkyl carbamates (subject to hydrolysis) is 1. The summed E-state index contributed by atoms with van der Waals surface area (Å²) in [6, 6.07) is -0.428. The highest BCUT2D eigenvalue weighted by Gasteiger charge is 2.36. The number of hydrogen-bond acceptors (Lipinski definition) is 6. The molecule has 148 valence electrons. The Morgan fingerprint density at radius 3 is 2.42 bits per heavy atom. The van der Waals surface area contributed by atoms with Gasteiger partial charge < -0.3 is 24.8 Å². The lowest BCUT2D eigenvalue weighted by molar-refractivity contribution is -0.149. The van der Waals surface area contributed by atoms with Crippen LogP contribution in [0.5, 0.6) is 0 Å². The molecule has 0 aliphatic heterocycles. The van der Waals surface area contributed by atoms with Gasteiger partial charge in [0, 0.05) is 6.04 Å². The number of carbonyl (C=O) groups is 2. The smallest absolute Gasteiger partial charge is 0.407 e. The largest absolute Gasteiger partial charge is 0.476 e. The van der Waals surface area contributed by atoms with Crippen molar-refractivity contribution in [2.75, 3.05) is 13.2 Å². The third-order valence-corrected chi connectivity index (χ3v) is 3.89. The van der Waals surface area contributed by atoms with E-state index in [1.165, 1.54) is 0 Å². The van der Waals surface area contributed by atoms with Gasteiger partial charge in [-0.15, -0.1) is 0 Å². The molecule has 1 aliphatic carbocycles. The first kappa shape index (κ1) is 21.9. The Balaban J connectivity index is 2.76. The van der Waals surface area contributed by atoms with E-state index in [0.717, 1.165) is 0 Å². The molecule has 1 aliphatic rings. The predicted molar refractivity (Wildman–Crippen MR) is 99.3 cm³/mol. The number of rotatable bonds is 8. The van der Waals surface area contributed by atoms with Crippen molar-refractivity contribution in [3.05, 3.63) is 25.1 Å². The Bertz CT molecular complexity index is 513. The number of amides is 1. The molecule has 3 atom stereocenters. The van der Waals surface area contributed by atoms with Gasteiger partial charge in [-0.2, -0.15) is 0 Å². The van der Waals surface area contributed by atoms with E-state index in [0.29, 0.717) is 38.4 Å². The average Bonchev–Trinajstić information content (AvgIpc) is 2.53. The summed E-state index contributed by atoms with van der Waals surface area (Å²) in [5.41, 5.74) is -0.598. The van der Waals surface area contributed by atoms with Crippen molar-refractivity contribution in [1.29, 1.82) is 0 Å². The van der Waals surface area contributed by atoms with Crippen molar-refractivity contribution in [3.63, 3.8) is 0 Å². The average molecular weight is 368 g/mol. The Kier molecular flexibility index (Phi) is 8.48. The normalized spacial score (nSPS) is 22.7. The lowest BCUT2D eigenvalue weighted by Crippen LogP contribution is -2.54. The fourth-order valence-corrected chi connectivity index (χ4v) is 2.84. The zero-order valence-corrected chi connectivity index (χ0v) is 16.3. The van der Waals surface area contributed by atoms with Gasteiger partial charge in [0.2, 0.25) is 0 Å². The maximum absolute atomic E-state index is 12.2. The molecule has 2 N–H and O–H groups in total. The molecule has 26 heavy (non-hydrogen) atoms. The zero-order chi connectivity index (χ0) is 19.7. The lowest BCUT2D eigenvalue weighted by atomic mass is 9.82. The molecule has 1 fully saturated rings. The highest BCUT2D eigenvalue weighted by Crippen LogP contribution is 2.27. The lowest BCUT2D eigenvalue weighted by Gasteiger charge is -2.37. The van der Waals surface area contributed by atoms with Gasteiger partial charge in [0.15, 0.2) is 5.88 Å². The Morgan fingerprint density at radius 2 is 1.85 bits per heavy atom. The molecule has 1 rings (SSSR count). The van der Waals surface area contributed by atoms with Gasteiger partial charge in [-0.05, 0) is 53.5 Å². The van der Waals surface area contributed by atoms with Crippen LogP contribution in [0.2, 0.25) is 0 Å². The Hall–Kier alpha value is -2.18. The molecule has 0 spiro atoms. The van der Waals surface area contributed by atoms with Gasteiger partial charge in [-0.1, -0.05) is 12.7 Å². The highest BCUT2D eigenvalue weighted by atomic mass is 16.6. The zero-order valence-electron chi connectivity index (χ0n) is 16.3. The van der Waals surface area contributed by atoms with Crippen LogP contribution in [0.4, 0.5) is 4.79 Å². The van der Waals surface area contributed by atoms with E-state index >= 15 is 0 Å². The minimum Gasteiger partial charge on any atom is -0.476 e. The minimum atomic E-state index is -0.598. The van der Waals surface area contributed by atoms with E-state index in [4.69, 9.17) is 14.2 Å². The van der Waals surface area contributed by atoms with Crippen LogP contribution >= 0.6 is 0 Å². The fraction of sp³-hybridized carbons (Fsp3) is 0.684. The van der Waals surface area contributed by atoms with Gasteiger partial charge in [-0.3, -0.25) is 4.79 Å². The van der Waals surface area contributed by atoms with Crippen molar-refractivity contribution < 1.29 is 23.8 Å². The molecule has 0 unspecified atom stereocenters. The van der Waals surface area contributed by atoms with E-state index in [1.807, 2.05) is 0 Å². The van der Waals surface area contributed by atoms with Crippen LogP contribution < -0.4 is 10.6 Å². The molecular formula is C19H32N2O5. The molecule has 7 heteroatoms. The first-order valence-corrected chi connectivity index (χ1v) is 9.01. The van der Waals surface area contributed by atoms with Crippen LogP contribution in [-0.2, 0) is 19.0 Å². The van der Waals surface area contributed by atoms with Crippen molar-refractivity contribution in [2.24, 2.45) is 5.92 Å². The van der Waals surface area contributed by atoms with Crippen LogP contribution in [0.25, 0.3) is 0 Å². The standard InChI is InChI=1S/C19H32N2O5/c1-7-11-25-13(3)20-15-10-9-14(17(22)24-8-2)12-16(15)21-18(23)26-19(4,5)6/h7,14-16,20H,1,3,8-12H2,2,4-6H3,(H,21,23)/t14-,15-,16+/m0/s1. The second-order valence-electron chi connectivity index (χ2n) is 7.29. The maximum atomic E-state index is 12.2. The number of hydrogen-bond donors (Lipinski definition) is 2. The molecule has 0 saturated heterocycles. The van der Waals surface area contributed by atoms with Crippen LogP contribution in [0.15, 0.2) is 25.1 Å². The van der Waals surface area contributed by atoms with Gasteiger partial charge >= 0.3 is 12.1 Å². The van der Waals surface area contributed by atoms with E-state index in [1.54, 1.807) is 33.8 Å². The molecule has 1 saturated carbocycles. The first-order valence-electron chi connectivity index (χ1n) is 9.01. The number of ether oxygens (including phenoxy) is 3. The second-order valence-corrected chi connectivity index (χ2v) is 7.29. The SMILES string of the molecule is C=CCOC(=C)N[C@H]1CC[C@H](C(=O)OCC)C[C@H]1NC(=O)OC(C)(C)C. The summed E-state index contributed by atoms with van der Waals surface area (Å²) in [5.74, 6) is -0.0839. The third kappa shape index (κ3) is 7.80. The molecule has 0 aromatic rings. The molecule has 0 radical (unpaired) electrons. The van der Waals surface area contributed by atoms with Crippen LogP contribution in [0, 0.1) is 5.92 Å². The van der Waals surface area contributed by atoms with Gasteiger partial charge in [0.25, 0.3) is 0 Å². The van der Waals surface area contributed by atoms with E-state index in [-0.39, 0.29) is 24.0 Å². The predicted octanol–water partition coefficient (Wildman–Crippen LogP) is 2.87. The monoisotopic (exact) mass is 368 g/mol. The third-order valence-electron chi connectivity index (χ3n) is 3.89. The molecule has 7 nitrogen and oxygen atoms in total. The number of carbonyl (C=O) groups excluding carboxylic acids is 2. The topological polar surface area (TPSA) is 85.9 Å². The van der Waals surface area contributed by atoms with E-state index in [9.17, 15) is 9.59 Å². The van der Waals surface area contributed by atoms with Gasteiger partial charge in [0.1, 0.15) is 12.2 Å². The first-order chi connectivity index (χ1) is 12.2. The molecular weight excluding hydrogens is 336 g/mol. The summed E-state index contributed by atoms with van der Waals surface area (Å²) in [6.45, 7) is 15.3. The van der Waals surface area contributed by atoms with Gasteiger partial charge in [-0.25, -0.2) is 4.79 Å². The quantitative estimate of drug-likeness (QED) is 0.389. The summed E-state index contributed by atoms with van der Waals surface area (Å²) < 4.78 is 15.9. The minimum absolute atomic E-state index is 0.120. The summed E-state index contributed by atoms with van der Waals surface area (Å²) in [7, 11) is 0. The highest BCUT2D eigenvalue weighted by molar-refractivity contribution is 5.73. The van der Waals surface area contributed by atoms with Crippen LogP contribution in [-0.4, -0.2) is 43.0 Å². The molecule has 0 aromatic carbocycles. The van der Waals surface area contributed by atoms with Crippen molar-refractivity contribution in [2.45, 2.75) is 64.6 Å². The second kappa shape index (κ2) is 10.1. The van der Waals surface area contributed by atoms with Crippen molar-refractivity contribution in [1.82, 2.24) is 10.6 Å². The van der Waals surface area contributed by atoms with Crippen LogP contribution in [0.3, 0.4) is 0 Å². The summed E-state index contributed by atoms with van der Waals surface area (Å²) >= 11 is 0. The van der Waals surface area contributed by atoms with Gasteiger partial charge in [0.05, 0.1) is 18.6 Å². The maximum Gasteiger partial charge on any atom is 0.407 e. The van der Waals surface area contributed by atoms with Crippen LogP contribution in [0.1, 0.15) is 47.0 Å². The van der Waals surface area contributed by atoms with Crippen molar-refractivity contribution >= 4 is 12.1 Å². The van der Waals surface area contributed by atoms with Crippen molar-refractivity contribution in [3.8, 4) is 0 Å². The summed E-state index contributed by atoms with van der Waals surface area (Å²) in [5, 5.41) is 6.04. The van der Waals surface area contributed by atoms with E-state index in [2.05, 4.69) is 23.8 Å². The fourth-order valence-electron chi connectivity index (χ4n) is 2.84. The number of esters is 1. The van der Waals surface area contributed by atoms with E-state index < -0.39 is 11.7 Å². The molecule has 0 bridgehead atoms. The molecule has 0 heterocycles. The summed E-state index contributed by atoms with van der Waals surface area (Å²) in [6.07, 6.45) is 2.90.